The maximum atomic E-state index is 4.93. The zero-order valence-electron chi connectivity index (χ0n) is 6.84. The first-order chi connectivity index (χ1) is 5.88. The van der Waals surface area contributed by atoms with Crippen LogP contribution in [-0.4, -0.2) is 20.2 Å². The fourth-order valence-electron chi connectivity index (χ4n) is 0.943. The Morgan fingerprint density at radius 3 is 2.46 bits per heavy atom. The van der Waals surface area contributed by atoms with E-state index in [-0.39, 0.29) is 27.3 Å². The molecule has 0 spiro atoms. The van der Waals surface area contributed by atoms with Gasteiger partial charge >= 0.3 is 0 Å². The predicted molar refractivity (Wildman–Crippen MR) is 46.5 cm³/mol. The summed E-state index contributed by atoms with van der Waals surface area (Å²) in [6.07, 6.45) is 0. The van der Waals surface area contributed by atoms with Crippen molar-refractivity contribution in [2.24, 2.45) is 0 Å². The Morgan fingerprint density at radius 1 is 1.23 bits per heavy atom. The van der Waals surface area contributed by atoms with Crippen LogP contribution in [0.4, 0.5) is 0 Å². The molecule has 2 aromatic rings. The zero-order valence-corrected chi connectivity index (χ0v) is 11.7. The Morgan fingerprint density at radius 2 is 1.92 bits per heavy atom. The first-order valence-electron chi connectivity index (χ1n) is 3.43. The van der Waals surface area contributed by atoms with Crippen molar-refractivity contribution in [3.8, 4) is 5.69 Å². The maximum absolute atomic E-state index is 4.93. The van der Waals surface area contributed by atoms with Gasteiger partial charge in [-0.15, -0.1) is 0 Å². The Bertz CT molecular complexity index is 421. The standard InChI is InChI=1S/C7H6N4S.Cd/c12-7-8-9-10-11(7)6-4-2-1-3-5-6;/h1-5H,(H,8,10,12);. The Labute approximate surface area is 100 Å². The van der Waals surface area contributed by atoms with Crippen molar-refractivity contribution in [3.63, 3.8) is 0 Å². The van der Waals surface area contributed by atoms with E-state index in [1.807, 2.05) is 30.3 Å². The van der Waals surface area contributed by atoms with Crippen LogP contribution in [0.3, 0.4) is 0 Å². The van der Waals surface area contributed by atoms with Crippen molar-refractivity contribution < 1.29 is 27.3 Å². The largest absolute Gasteiger partial charge is 0.242 e. The Hall–Kier alpha value is -0.568. The number of benzene rings is 1. The number of rotatable bonds is 1. The molecule has 62 valence electrons. The molecule has 1 aromatic heterocycles. The van der Waals surface area contributed by atoms with Crippen LogP contribution in [0.2, 0.25) is 0 Å². The van der Waals surface area contributed by atoms with Crippen LogP contribution in [0.15, 0.2) is 30.3 Å². The van der Waals surface area contributed by atoms with Gasteiger partial charge in [-0.3, -0.25) is 0 Å². The third-order valence-corrected chi connectivity index (χ3v) is 1.75. The molecule has 2 rings (SSSR count). The smallest absolute Gasteiger partial charge is 0.210 e. The molecule has 1 N–H and O–H groups in total. The van der Waals surface area contributed by atoms with Gasteiger partial charge in [0.25, 0.3) is 0 Å². The van der Waals surface area contributed by atoms with Crippen molar-refractivity contribution >= 4 is 12.2 Å². The van der Waals surface area contributed by atoms with E-state index in [9.17, 15) is 0 Å². The summed E-state index contributed by atoms with van der Waals surface area (Å²) < 4.78 is 2.07. The van der Waals surface area contributed by atoms with Crippen LogP contribution in [0, 0.1) is 4.77 Å². The van der Waals surface area contributed by atoms with Gasteiger partial charge in [0, 0.05) is 27.3 Å². The molecule has 0 fully saturated rings. The topological polar surface area (TPSA) is 46.5 Å². The maximum Gasteiger partial charge on any atom is 0.242 e. The molecule has 0 atom stereocenters. The molecule has 1 aromatic carbocycles. The summed E-state index contributed by atoms with van der Waals surface area (Å²) in [5, 5.41) is 9.92. The number of aromatic amines is 1. The van der Waals surface area contributed by atoms with Gasteiger partial charge in [-0.25, -0.2) is 4.68 Å². The number of H-pyrrole nitrogens is 1. The van der Waals surface area contributed by atoms with Gasteiger partial charge in [-0.1, -0.05) is 28.5 Å². The number of hydrogen-bond donors (Lipinski definition) is 1. The molecule has 0 saturated heterocycles. The number of tetrazole rings is 1. The van der Waals surface area contributed by atoms with Crippen molar-refractivity contribution in [1.29, 1.82) is 0 Å². The van der Waals surface area contributed by atoms with Crippen molar-refractivity contribution in [3.05, 3.63) is 35.1 Å². The summed E-state index contributed by atoms with van der Waals surface area (Å²) in [6, 6.07) is 9.65. The van der Waals surface area contributed by atoms with Gasteiger partial charge in [-0.05, 0) is 24.4 Å². The molecule has 0 saturated carbocycles. The molecular formula is C7H6CdN4S. The number of nitrogens with zero attached hydrogens (tertiary/aromatic N) is 3. The molecular weight excluding hydrogens is 285 g/mol. The van der Waals surface area contributed by atoms with E-state index in [1.165, 1.54) is 0 Å². The van der Waals surface area contributed by atoms with Crippen LogP contribution in [-0.2, 0) is 27.3 Å². The first kappa shape index (κ1) is 10.5. The summed E-state index contributed by atoms with van der Waals surface area (Å²) in [7, 11) is 0. The minimum atomic E-state index is 0. The van der Waals surface area contributed by atoms with Crippen molar-refractivity contribution in [2.75, 3.05) is 0 Å². The molecule has 0 unspecified atom stereocenters. The molecule has 0 amide bonds. The number of para-hydroxylation sites is 1. The number of hydrogen-bond acceptors (Lipinski definition) is 3. The fourth-order valence-corrected chi connectivity index (χ4v) is 1.13. The average molecular weight is 291 g/mol. The van der Waals surface area contributed by atoms with Gasteiger partial charge in [0.15, 0.2) is 0 Å². The van der Waals surface area contributed by atoms with Gasteiger partial charge in [0.1, 0.15) is 0 Å². The molecule has 6 heteroatoms. The summed E-state index contributed by atoms with van der Waals surface area (Å²) in [5.74, 6) is 0. The first-order valence-corrected chi connectivity index (χ1v) is 3.84. The molecule has 0 bridgehead atoms. The monoisotopic (exact) mass is 292 g/mol. The number of aromatic nitrogens is 4. The van der Waals surface area contributed by atoms with Gasteiger partial charge in [0.2, 0.25) is 4.77 Å². The summed E-state index contributed by atoms with van der Waals surface area (Å²) in [4.78, 5) is 0. The molecule has 13 heavy (non-hydrogen) atoms. The van der Waals surface area contributed by atoms with Crippen LogP contribution >= 0.6 is 12.2 Å². The molecule has 0 aliphatic heterocycles. The van der Waals surface area contributed by atoms with Crippen LogP contribution in [0.1, 0.15) is 0 Å². The molecule has 0 aliphatic carbocycles. The van der Waals surface area contributed by atoms with Crippen LogP contribution in [0.5, 0.6) is 0 Å². The number of nitrogens with one attached hydrogen (secondary N) is 1. The quantitative estimate of drug-likeness (QED) is 0.636. The molecule has 4 nitrogen and oxygen atoms in total. The van der Waals surface area contributed by atoms with Crippen LogP contribution < -0.4 is 0 Å². The second-order valence-corrected chi connectivity index (χ2v) is 2.62. The zero-order chi connectivity index (χ0) is 8.39. The normalized spacial score (nSPS) is 9.23. The second kappa shape index (κ2) is 4.61. The predicted octanol–water partition coefficient (Wildman–Crippen LogP) is 1.32. The average Bonchev–Trinajstić information content (AvgIpc) is 2.53. The minimum absolute atomic E-state index is 0. The van der Waals surface area contributed by atoms with E-state index in [0.29, 0.717) is 4.77 Å². The van der Waals surface area contributed by atoms with Crippen LogP contribution in [0.25, 0.3) is 5.69 Å². The SMILES string of the molecule is S=c1nn[nH]n1-c1ccccc1.[Cd]. The van der Waals surface area contributed by atoms with E-state index in [2.05, 4.69) is 15.5 Å². The van der Waals surface area contributed by atoms with Crippen molar-refractivity contribution in [2.45, 2.75) is 0 Å². The molecule has 1 heterocycles. The fraction of sp³-hybridized carbons (Fsp3) is 0. The van der Waals surface area contributed by atoms with E-state index >= 15 is 0 Å². The van der Waals surface area contributed by atoms with E-state index in [1.54, 1.807) is 4.68 Å². The summed E-state index contributed by atoms with van der Waals surface area (Å²) in [6.45, 7) is 0. The van der Waals surface area contributed by atoms with Crippen molar-refractivity contribution in [1.82, 2.24) is 20.2 Å². The van der Waals surface area contributed by atoms with E-state index in [4.69, 9.17) is 12.2 Å². The third-order valence-electron chi connectivity index (χ3n) is 1.49. The Balaban J connectivity index is 0.000000845. The second-order valence-electron chi connectivity index (χ2n) is 2.25. The Kier molecular flexibility index (Phi) is 3.73. The van der Waals surface area contributed by atoms with Gasteiger partial charge < -0.3 is 0 Å². The summed E-state index contributed by atoms with van der Waals surface area (Å²) >= 11 is 4.93. The van der Waals surface area contributed by atoms with Gasteiger partial charge in [0.05, 0.1) is 5.69 Å². The van der Waals surface area contributed by atoms with E-state index < -0.39 is 0 Å². The molecule has 0 aliphatic rings. The molecule has 0 radical (unpaired) electrons. The minimum Gasteiger partial charge on any atom is -0.210 e. The third kappa shape index (κ3) is 2.21. The van der Waals surface area contributed by atoms with E-state index in [0.717, 1.165) is 5.69 Å². The van der Waals surface area contributed by atoms with Gasteiger partial charge in [-0.2, -0.15) is 5.21 Å². The summed E-state index contributed by atoms with van der Waals surface area (Å²) in [5.41, 5.74) is 0.938.